The molecule has 2 aliphatic rings. The fraction of sp³-hybridized carbons (Fsp3) is 0.542. The van der Waals surface area contributed by atoms with Gasteiger partial charge in [-0.1, -0.05) is 23.7 Å². The number of carbonyl (C=O) groups excluding carboxylic acids is 1. The summed E-state index contributed by atoms with van der Waals surface area (Å²) in [5, 5.41) is 4.03. The molecule has 2 aromatic rings. The Balaban J connectivity index is 1.20. The number of likely N-dealkylation sites (tertiary alicyclic amines) is 1. The average molecular weight is 442 g/mol. The SMILES string of the molecule is Cc1ccnc(N2CCCC(C(=O)NCC3CCN(Cc4cccc(Cl)c4)CC3)C2)n1. The fourth-order valence-electron chi connectivity index (χ4n) is 4.59. The van der Waals surface area contributed by atoms with E-state index in [9.17, 15) is 4.79 Å². The van der Waals surface area contributed by atoms with Crippen molar-refractivity contribution in [1.82, 2.24) is 20.2 Å². The quantitative estimate of drug-likeness (QED) is 0.740. The molecule has 31 heavy (non-hydrogen) atoms. The lowest BCUT2D eigenvalue weighted by molar-refractivity contribution is -0.125. The monoisotopic (exact) mass is 441 g/mol. The first-order valence-corrected chi connectivity index (χ1v) is 11.7. The van der Waals surface area contributed by atoms with Crippen molar-refractivity contribution in [2.45, 2.75) is 39.2 Å². The Morgan fingerprint density at radius 3 is 2.81 bits per heavy atom. The van der Waals surface area contributed by atoms with Gasteiger partial charge in [-0.15, -0.1) is 0 Å². The van der Waals surface area contributed by atoms with Gasteiger partial charge < -0.3 is 10.2 Å². The van der Waals surface area contributed by atoms with Crippen LogP contribution in [0.5, 0.6) is 0 Å². The molecule has 2 aliphatic heterocycles. The van der Waals surface area contributed by atoms with E-state index in [4.69, 9.17) is 11.6 Å². The number of nitrogens with zero attached hydrogens (tertiary/aromatic N) is 4. The zero-order chi connectivity index (χ0) is 21.6. The van der Waals surface area contributed by atoms with E-state index in [-0.39, 0.29) is 11.8 Å². The Bertz CT molecular complexity index is 884. The third kappa shape index (κ3) is 6.17. The van der Waals surface area contributed by atoms with Gasteiger partial charge in [-0.3, -0.25) is 9.69 Å². The maximum absolute atomic E-state index is 12.8. The third-order valence-corrected chi connectivity index (χ3v) is 6.66. The summed E-state index contributed by atoms with van der Waals surface area (Å²) in [5.74, 6) is 1.49. The highest BCUT2D eigenvalue weighted by Gasteiger charge is 2.28. The van der Waals surface area contributed by atoms with E-state index in [1.807, 2.05) is 31.2 Å². The molecule has 1 unspecified atom stereocenters. The molecule has 0 radical (unpaired) electrons. The van der Waals surface area contributed by atoms with Gasteiger partial charge in [0.25, 0.3) is 0 Å². The summed E-state index contributed by atoms with van der Waals surface area (Å²) in [6.45, 7) is 7.44. The molecule has 6 nitrogen and oxygen atoms in total. The summed E-state index contributed by atoms with van der Waals surface area (Å²) in [6.07, 6.45) is 5.97. The number of benzene rings is 1. The molecule has 3 heterocycles. The Kier molecular flexibility index (Phi) is 7.41. The molecule has 1 atom stereocenters. The molecule has 4 rings (SSSR count). The topological polar surface area (TPSA) is 61.4 Å². The average Bonchev–Trinajstić information content (AvgIpc) is 2.78. The molecule has 1 aromatic heterocycles. The summed E-state index contributed by atoms with van der Waals surface area (Å²) in [6, 6.07) is 10.0. The molecular weight excluding hydrogens is 410 g/mol. The number of hydrogen-bond donors (Lipinski definition) is 1. The molecule has 1 N–H and O–H groups in total. The van der Waals surface area contributed by atoms with Crippen molar-refractivity contribution in [3.05, 3.63) is 52.8 Å². The standard InChI is InChI=1S/C24H32ClN5O/c1-18-7-10-26-24(28-18)30-11-3-5-21(17-30)23(31)27-15-19-8-12-29(13-9-19)16-20-4-2-6-22(25)14-20/h2,4,6-7,10,14,19,21H,3,5,8-9,11-13,15-17H2,1H3,(H,27,31). The van der Waals surface area contributed by atoms with E-state index in [1.54, 1.807) is 6.20 Å². The van der Waals surface area contributed by atoms with E-state index in [1.165, 1.54) is 5.56 Å². The van der Waals surface area contributed by atoms with Gasteiger partial charge in [0.1, 0.15) is 0 Å². The van der Waals surface area contributed by atoms with Gasteiger partial charge in [0.2, 0.25) is 11.9 Å². The number of anilines is 1. The molecule has 0 aliphatic carbocycles. The van der Waals surface area contributed by atoms with Crippen LogP contribution >= 0.6 is 11.6 Å². The van der Waals surface area contributed by atoms with Crippen molar-refractivity contribution in [3.63, 3.8) is 0 Å². The number of halogens is 1. The Morgan fingerprint density at radius 1 is 1.19 bits per heavy atom. The molecule has 0 saturated carbocycles. The second kappa shape index (κ2) is 10.4. The van der Waals surface area contributed by atoms with E-state index < -0.39 is 0 Å². The predicted octanol–water partition coefficient (Wildman–Crippen LogP) is 3.68. The first-order valence-electron chi connectivity index (χ1n) is 11.4. The van der Waals surface area contributed by atoms with Crippen LogP contribution in [0.4, 0.5) is 5.95 Å². The zero-order valence-corrected chi connectivity index (χ0v) is 19.0. The van der Waals surface area contributed by atoms with E-state index >= 15 is 0 Å². The molecule has 1 amide bonds. The molecule has 166 valence electrons. The van der Waals surface area contributed by atoms with Crippen molar-refractivity contribution >= 4 is 23.5 Å². The van der Waals surface area contributed by atoms with E-state index in [0.29, 0.717) is 12.5 Å². The van der Waals surface area contributed by atoms with Crippen LogP contribution < -0.4 is 10.2 Å². The van der Waals surface area contributed by atoms with E-state index in [2.05, 4.69) is 31.2 Å². The number of hydrogen-bond acceptors (Lipinski definition) is 5. The third-order valence-electron chi connectivity index (χ3n) is 6.42. The van der Waals surface area contributed by atoms with Crippen LogP contribution in [-0.4, -0.2) is 53.5 Å². The Hall–Kier alpha value is -2.18. The predicted molar refractivity (Wildman–Crippen MR) is 124 cm³/mol. The first-order chi connectivity index (χ1) is 15.1. The van der Waals surface area contributed by atoms with Crippen LogP contribution in [0.15, 0.2) is 36.5 Å². The second-order valence-electron chi connectivity index (χ2n) is 8.88. The van der Waals surface area contributed by atoms with Crippen molar-refractivity contribution in [3.8, 4) is 0 Å². The van der Waals surface area contributed by atoms with Crippen LogP contribution in [0, 0.1) is 18.8 Å². The van der Waals surface area contributed by atoms with Crippen molar-refractivity contribution < 1.29 is 4.79 Å². The van der Waals surface area contributed by atoms with Crippen LogP contribution in [0.1, 0.15) is 36.9 Å². The number of aryl methyl sites for hydroxylation is 1. The lowest BCUT2D eigenvalue weighted by atomic mass is 9.94. The summed E-state index contributed by atoms with van der Waals surface area (Å²) in [7, 11) is 0. The minimum absolute atomic E-state index is 0.0146. The van der Waals surface area contributed by atoms with Gasteiger partial charge in [-0.25, -0.2) is 9.97 Å². The van der Waals surface area contributed by atoms with Gasteiger partial charge in [0.05, 0.1) is 5.92 Å². The maximum atomic E-state index is 12.8. The fourth-order valence-corrected chi connectivity index (χ4v) is 4.81. The van der Waals surface area contributed by atoms with Crippen molar-refractivity contribution in [2.75, 3.05) is 37.6 Å². The van der Waals surface area contributed by atoms with Crippen LogP contribution in [0.25, 0.3) is 0 Å². The highest BCUT2D eigenvalue weighted by atomic mass is 35.5. The summed E-state index contributed by atoms with van der Waals surface area (Å²) >= 11 is 6.10. The Morgan fingerprint density at radius 2 is 2.03 bits per heavy atom. The number of nitrogens with one attached hydrogen (secondary N) is 1. The number of amides is 1. The highest BCUT2D eigenvalue weighted by Crippen LogP contribution is 2.22. The van der Waals surface area contributed by atoms with Crippen LogP contribution in [0.2, 0.25) is 5.02 Å². The molecule has 2 saturated heterocycles. The van der Waals surface area contributed by atoms with Crippen LogP contribution in [-0.2, 0) is 11.3 Å². The number of carbonyl (C=O) groups is 1. The largest absolute Gasteiger partial charge is 0.356 e. The first kappa shape index (κ1) is 22.0. The highest BCUT2D eigenvalue weighted by molar-refractivity contribution is 6.30. The maximum Gasteiger partial charge on any atom is 0.225 e. The second-order valence-corrected chi connectivity index (χ2v) is 9.31. The van der Waals surface area contributed by atoms with Gasteiger partial charge in [0.15, 0.2) is 0 Å². The smallest absolute Gasteiger partial charge is 0.225 e. The van der Waals surface area contributed by atoms with Gasteiger partial charge in [0, 0.05) is 43.1 Å². The van der Waals surface area contributed by atoms with Gasteiger partial charge >= 0.3 is 0 Å². The minimum Gasteiger partial charge on any atom is -0.356 e. The molecule has 0 bridgehead atoms. The van der Waals surface area contributed by atoms with Gasteiger partial charge in [-0.2, -0.15) is 0 Å². The summed E-state index contributed by atoms with van der Waals surface area (Å²) < 4.78 is 0. The summed E-state index contributed by atoms with van der Waals surface area (Å²) in [4.78, 5) is 26.4. The summed E-state index contributed by atoms with van der Waals surface area (Å²) in [5.41, 5.74) is 2.22. The lowest BCUT2D eigenvalue weighted by Gasteiger charge is -2.34. The molecule has 2 fully saturated rings. The van der Waals surface area contributed by atoms with Crippen LogP contribution in [0.3, 0.4) is 0 Å². The lowest BCUT2D eigenvalue weighted by Crippen LogP contribution is -2.45. The molecule has 7 heteroatoms. The van der Waals surface area contributed by atoms with Crippen molar-refractivity contribution in [2.24, 2.45) is 11.8 Å². The van der Waals surface area contributed by atoms with E-state index in [0.717, 1.165) is 75.1 Å². The Labute approximate surface area is 190 Å². The molecule has 1 aromatic carbocycles. The normalized spacial score (nSPS) is 20.6. The number of piperidine rings is 2. The molecule has 0 spiro atoms. The number of rotatable bonds is 6. The minimum atomic E-state index is 0.0146. The van der Waals surface area contributed by atoms with Crippen molar-refractivity contribution in [1.29, 1.82) is 0 Å². The zero-order valence-electron chi connectivity index (χ0n) is 18.3. The molecular formula is C24H32ClN5O. The van der Waals surface area contributed by atoms with Gasteiger partial charge in [-0.05, 0) is 75.4 Å². The number of aromatic nitrogens is 2.